The molecular formula is C20H30N4O3S. The number of amides is 2. The number of carbonyl (C=O) groups excluding carboxylic acids is 1. The third kappa shape index (κ3) is 4.50. The number of likely N-dealkylation sites (tertiary alicyclic amines) is 1. The van der Waals surface area contributed by atoms with Crippen molar-refractivity contribution in [2.24, 2.45) is 0 Å². The number of benzene rings is 1. The van der Waals surface area contributed by atoms with Crippen molar-refractivity contribution >= 4 is 27.0 Å². The molecule has 0 aliphatic carbocycles. The molecule has 0 spiro atoms. The van der Waals surface area contributed by atoms with E-state index in [1.165, 1.54) is 17.2 Å². The summed E-state index contributed by atoms with van der Waals surface area (Å²) in [5, 5.41) is 4.22. The molecule has 1 saturated heterocycles. The van der Waals surface area contributed by atoms with Crippen LogP contribution in [0.5, 0.6) is 0 Å². The van der Waals surface area contributed by atoms with Gasteiger partial charge in [-0.2, -0.15) is 4.31 Å². The highest BCUT2D eigenvalue weighted by Crippen LogP contribution is 2.22. The van der Waals surface area contributed by atoms with E-state index in [1.807, 2.05) is 19.1 Å². The molecule has 0 saturated carbocycles. The van der Waals surface area contributed by atoms with Crippen molar-refractivity contribution < 1.29 is 13.2 Å². The molecule has 1 aromatic carbocycles. The average Bonchev–Trinajstić information content (AvgIpc) is 2.97. The number of nitrogens with one attached hydrogen (secondary N) is 2. The number of aromatic amines is 1. The Morgan fingerprint density at radius 3 is 2.61 bits per heavy atom. The van der Waals surface area contributed by atoms with E-state index >= 15 is 0 Å². The van der Waals surface area contributed by atoms with Crippen molar-refractivity contribution in [1.82, 2.24) is 19.5 Å². The number of sulfonamides is 1. The summed E-state index contributed by atoms with van der Waals surface area (Å²) in [6.07, 6.45) is 3.38. The zero-order valence-electron chi connectivity index (χ0n) is 16.9. The zero-order valence-corrected chi connectivity index (χ0v) is 17.7. The van der Waals surface area contributed by atoms with Crippen LogP contribution in [0.25, 0.3) is 10.9 Å². The van der Waals surface area contributed by atoms with Crippen LogP contribution in [0.15, 0.2) is 24.3 Å². The first-order chi connectivity index (χ1) is 13.3. The molecular weight excluding hydrogens is 376 g/mol. The maximum absolute atomic E-state index is 12.5. The summed E-state index contributed by atoms with van der Waals surface area (Å²) in [6.45, 7) is 6.12. The summed E-state index contributed by atoms with van der Waals surface area (Å²) in [4.78, 5) is 17.7. The smallest absolute Gasteiger partial charge is 0.317 e. The number of piperidine rings is 1. The second-order valence-corrected chi connectivity index (χ2v) is 9.38. The summed E-state index contributed by atoms with van der Waals surface area (Å²) in [6, 6.07) is 8.11. The van der Waals surface area contributed by atoms with Crippen LogP contribution < -0.4 is 5.32 Å². The van der Waals surface area contributed by atoms with Crippen LogP contribution >= 0.6 is 0 Å². The van der Waals surface area contributed by atoms with E-state index in [0.717, 1.165) is 17.6 Å². The lowest BCUT2D eigenvalue weighted by Gasteiger charge is -2.36. The van der Waals surface area contributed by atoms with Gasteiger partial charge >= 0.3 is 6.03 Å². The Labute approximate surface area is 167 Å². The summed E-state index contributed by atoms with van der Waals surface area (Å²) in [5.74, 6) is 0. The van der Waals surface area contributed by atoms with Gasteiger partial charge in [0.1, 0.15) is 0 Å². The maximum Gasteiger partial charge on any atom is 0.317 e. The van der Waals surface area contributed by atoms with Gasteiger partial charge in [0.15, 0.2) is 0 Å². The number of urea groups is 1. The molecule has 2 amide bonds. The monoisotopic (exact) mass is 406 g/mol. The average molecular weight is 407 g/mol. The minimum atomic E-state index is -3.20. The third-order valence-corrected chi connectivity index (χ3v) is 6.98. The SMILES string of the molecule is CCN(C1CCN(C(=O)NCCc2c(C)[nH]c3ccccc23)CC1)S(C)(=O)=O. The van der Waals surface area contributed by atoms with Gasteiger partial charge < -0.3 is 15.2 Å². The van der Waals surface area contributed by atoms with E-state index in [2.05, 4.69) is 29.4 Å². The number of rotatable bonds is 6. The highest BCUT2D eigenvalue weighted by molar-refractivity contribution is 7.88. The van der Waals surface area contributed by atoms with Gasteiger partial charge in [0.05, 0.1) is 6.26 Å². The van der Waals surface area contributed by atoms with Gasteiger partial charge in [0.25, 0.3) is 0 Å². The van der Waals surface area contributed by atoms with Crippen LogP contribution in [-0.4, -0.2) is 67.1 Å². The number of H-pyrrole nitrogens is 1. The standard InChI is InChI=1S/C20H30N4O3S/c1-4-24(28(3,26)27)16-10-13-23(14-11-16)20(25)21-12-9-17-15(2)22-19-8-6-5-7-18(17)19/h5-8,16,22H,4,9-14H2,1-3H3,(H,21,25). The van der Waals surface area contributed by atoms with Crippen molar-refractivity contribution in [3.05, 3.63) is 35.5 Å². The normalized spacial score (nSPS) is 16.1. The molecule has 1 aromatic heterocycles. The van der Waals surface area contributed by atoms with Gasteiger partial charge in [-0.3, -0.25) is 0 Å². The molecule has 2 heterocycles. The number of hydrogen-bond acceptors (Lipinski definition) is 3. The Kier molecular flexibility index (Phi) is 6.30. The lowest BCUT2D eigenvalue weighted by Crippen LogP contribution is -2.50. The van der Waals surface area contributed by atoms with Crippen LogP contribution in [0.4, 0.5) is 4.79 Å². The molecule has 0 radical (unpaired) electrons. The lowest BCUT2D eigenvalue weighted by atomic mass is 10.1. The molecule has 2 N–H and O–H groups in total. The van der Waals surface area contributed by atoms with Gasteiger partial charge in [0.2, 0.25) is 10.0 Å². The van der Waals surface area contributed by atoms with Crippen molar-refractivity contribution in [2.75, 3.05) is 32.4 Å². The van der Waals surface area contributed by atoms with Gasteiger partial charge in [-0.1, -0.05) is 25.1 Å². The summed E-state index contributed by atoms with van der Waals surface area (Å²) in [5.41, 5.74) is 3.49. The van der Waals surface area contributed by atoms with Crippen molar-refractivity contribution in [3.8, 4) is 0 Å². The molecule has 0 unspecified atom stereocenters. The minimum Gasteiger partial charge on any atom is -0.358 e. The highest BCUT2D eigenvalue weighted by atomic mass is 32.2. The number of aryl methyl sites for hydroxylation is 1. The third-order valence-electron chi connectivity index (χ3n) is 5.57. The number of nitrogens with zero attached hydrogens (tertiary/aromatic N) is 2. The van der Waals surface area contributed by atoms with E-state index in [1.54, 1.807) is 9.21 Å². The summed E-state index contributed by atoms with van der Waals surface area (Å²) in [7, 11) is -3.20. The van der Waals surface area contributed by atoms with E-state index in [-0.39, 0.29) is 12.1 Å². The van der Waals surface area contributed by atoms with Gasteiger partial charge in [0, 0.05) is 48.8 Å². The quantitative estimate of drug-likeness (QED) is 0.773. The molecule has 0 atom stereocenters. The van der Waals surface area contributed by atoms with E-state index < -0.39 is 10.0 Å². The lowest BCUT2D eigenvalue weighted by molar-refractivity contribution is 0.159. The molecule has 1 aliphatic heterocycles. The van der Waals surface area contributed by atoms with Gasteiger partial charge in [-0.25, -0.2) is 13.2 Å². The number of carbonyl (C=O) groups is 1. The van der Waals surface area contributed by atoms with Crippen LogP contribution in [-0.2, 0) is 16.4 Å². The Balaban J connectivity index is 1.50. The molecule has 3 rings (SSSR count). The predicted molar refractivity (Wildman–Crippen MR) is 112 cm³/mol. The van der Waals surface area contributed by atoms with Gasteiger partial charge in [-0.05, 0) is 37.8 Å². The largest absolute Gasteiger partial charge is 0.358 e. The first-order valence-corrected chi connectivity index (χ1v) is 11.7. The Morgan fingerprint density at radius 1 is 1.29 bits per heavy atom. The van der Waals surface area contributed by atoms with Crippen molar-refractivity contribution in [2.45, 2.75) is 39.2 Å². The Bertz CT molecular complexity index is 930. The number of fused-ring (bicyclic) bond motifs is 1. The molecule has 28 heavy (non-hydrogen) atoms. The Hall–Kier alpha value is -2.06. The van der Waals surface area contributed by atoms with Crippen molar-refractivity contribution in [1.29, 1.82) is 0 Å². The first kappa shape index (κ1) is 20.7. The summed E-state index contributed by atoms with van der Waals surface area (Å²) >= 11 is 0. The van der Waals surface area contributed by atoms with Crippen LogP contribution in [0.3, 0.4) is 0 Å². The molecule has 154 valence electrons. The molecule has 8 heteroatoms. The Morgan fingerprint density at radius 2 is 1.96 bits per heavy atom. The fraction of sp³-hybridized carbons (Fsp3) is 0.550. The molecule has 1 aliphatic rings. The summed E-state index contributed by atoms with van der Waals surface area (Å²) < 4.78 is 25.3. The van der Waals surface area contributed by atoms with Crippen molar-refractivity contribution in [3.63, 3.8) is 0 Å². The maximum atomic E-state index is 12.5. The minimum absolute atomic E-state index is 0.0158. The van der Waals surface area contributed by atoms with Crippen LogP contribution in [0, 0.1) is 6.92 Å². The van der Waals surface area contributed by atoms with E-state index in [4.69, 9.17) is 0 Å². The topological polar surface area (TPSA) is 85.5 Å². The molecule has 2 aromatic rings. The number of para-hydroxylation sites is 1. The zero-order chi connectivity index (χ0) is 20.3. The highest BCUT2D eigenvalue weighted by Gasteiger charge is 2.30. The van der Waals surface area contributed by atoms with Crippen LogP contribution in [0.2, 0.25) is 0 Å². The molecule has 0 bridgehead atoms. The first-order valence-electron chi connectivity index (χ1n) is 9.87. The molecule has 1 fully saturated rings. The number of hydrogen-bond donors (Lipinski definition) is 2. The van der Waals surface area contributed by atoms with Crippen LogP contribution in [0.1, 0.15) is 31.0 Å². The second kappa shape index (κ2) is 8.53. The number of aromatic nitrogens is 1. The fourth-order valence-corrected chi connectivity index (χ4v) is 5.40. The molecule has 7 nitrogen and oxygen atoms in total. The second-order valence-electron chi connectivity index (χ2n) is 7.44. The van der Waals surface area contributed by atoms with E-state index in [0.29, 0.717) is 39.0 Å². The predicted octanol–water partition coefficient (Wildman–Crippen LogP) is 2.47. The fourth-order valence-electron chi connectivity index (χ4n) is 4.18. The van der Waals surface area contributed by atoms with E-state index in [9.17, 15) is 13.2 Å². The van der Waals surface area contributed by atoms with Gasteiger partial charge in [-0.15, -0.1) is 0 Å².